The largest absolute Gasteiger partial charge is 0.478 e. The number of rotatable bonds is 3. The Balaban J connectivity index is 3.32. The van der Waals surface area contributed by atoms with Gasteiger partial charge in [0, 0.05) is 0 Å². The van der Waals surface area contributed by atoms with Gasteiger partial charge >= 0.3 is 12.1 Å². The van der Waals surface area contributed by atoms with Crippen LogP contribution in [-0.4, -0.2) is 22.8 Å². The minimum absolute atomic E-state index is 0.0343. The molecule has 0 bridgehead atoms. The number of nitrogens with two attached hydrogens (primary N) is 1. The van der Waals surface area contributed by atoms with E-state index in [1.165, 1.54) is 0 Å². The van der Waals surface area contributed by atoms with Gasteiger partial charge in [-0.25, -0.2) is 4.79 Å². The zero-order chi connectivity index (χ0) is 13.2. The van der Waals surface area contributed by atoms with Crippen molar-refractivity contribution in [1.29, 1.82) is 0 Å². The highest BCUT2D eigenvalue weighted by Gasteiger charge is 2.32. The van der Waals surface area contributed by atoms with Crippen LogP contribution in [0.25, 0.3) is 0 Å². The van der Waals surface area contributed by atoms with Crippen LogP contribution in [0.3, 0.4) is 0 Å². The molecule has 0 heterocycles. The van der Waals surface area contributed by atoms with E-state index in [4.69, 9.17) is 15.9 Å². The lowest BCUT2D eigenvalue weighted by atomic mass is 9.98. The van der Waals surface area contributed by atoms with Gasteiger partial charge < -0.3 is 15.9 Å². The van der Waals surface area contributed by atoms with E-state index in [1.807, 2.05) is 0 Å². The molecule has 0 saturated carbocycles. The van der Waals surface area contributed by atoms with Gasteiger partial charge in [-0.05, 0) is 17.7 Å². The molecule has 0 amide bonds. The Morgan fingerprint density at radius 3 is 2.41 bits per heavy atom. The number of carboxylic acids is 1. The van der Waals surface area contributed by atoms with Crippen molar-refractivity contribution in [3.63, 3.8) is 0 Å². The van der Waals surface area contributed by atoms with Gasteiger partial charge in [0.15, 0.2) is 0 Å². The number of carbonyl (C=O) groups is 1. The molecule has 0 spiro atoms. The van der Waals surface area contributed by atoms with Crippen LogP contribution in [0.1, 0.15) is 27.5 Å². The normalized spacial score (nSPS) is 13.5. The molecule has 0 saturated heterocycles. The van der Waals surface area contributed by atoms with Gasteiger partial charge in [0.25, 0.3) is 0 Å². The summed E-state index contributed by atoms with van der Waals surface area (Å²) in [5, 5.41) is 17.6. The number of hydrogen-bond donors (Lipinski definition) is 3. The molecule has 0 fully saturated rings. The van der Waals surface area contributed by atoms with E-state index in [0.717, 1.165) is 12.1 Å². The molecule has 4 N–H and O–H groups in total. The minimum atomic E-state index is -4.62. The quantitative estimate of drug-likeness (QED) is 0.756. The molecule has 0 unspecified atom stereocenters. The Kier molecular flexibility index (Phi) is 3.74. The number of aliphatic hydroxyl groups is 1. The zero-order valence-electron chi connectivity index (χ0n) is 8.53. The highest BCUT2D eigenvalue weighted by Crippen LogP contribution is 2.31. The van der Waals surface area contributed by atoms with Crippen LogP contribution in [0.2, 0.25) is 0 Å². The number of hydrogen-bond acceptors (Lipinski definition) is 3. The number of carboxylic acid groups (broad SMARTS) is 1. The number of halogens is 3. The lowest BCUT2D eigenvalue weighted by Crippen LogP contribution is -2.19. The second-order valence-electron chi connectivity index (χ2n) is 3.39. The fraction of sp³-hybridized carbons (Fsp3) is 0.300. The van der Waals surface area contributed by atoms with Crippen LogP contribution in [0.5, 0.6) is 0 Å². The van der Waals surface area contributed by atoms with Gasteiger partial charge in [-0.3, -0.25) is 0 Å². The molecule has 0 radical (unpaired) electrons. The molecule has 94 valence electrons. The molecule has 1 rings (SSSR count). The first-order valence-electron chi connectivity index (χ1n) is 4.58. The summed E-state index contributed by atoms with van der Waals surface area (Å²) in [6, 6.07) is 1.18. The van der Waals surface area contributed by atoms with Crippen LogP contribution in [0, 0.1) is 0 Å². The van der Waals surface area contributed by atoms with Crippen LogP contribution in [-0.2, 0) is 6.18 Å². The van der Waals surface area contributed by atoms with E-state index in [-0.39, 0.29) is 5.56 Å². The molecule has 0 aromatic heterocycles. The number of aliphatic hydroxyl groups excluding tert-OH is 1. The van der Waals surface area contributed by atoms with Crippen molar-refractivity contribution >= 4 is 5.97 Å². The van der Waals surface area contributed by atoms with Gasteiger partial charge in [0.05, 0.1) is 23.8 Å². The summed E-state index contributed by atoms with van der Waals surface area (Å²) in [5.41, 5.74) is 3.74. The van der Waals surface area contributed by atoms with E-state index in [0.29, 0.717) is 6.07 Å². The van der Waals surface area contributed by atoms with Crippen LogP contribution in [0.4, 0.5) is 13.2 Å². The molecular weight excluding hydrogens is 239 g/mol. The van der Waals surface area contributed by atoms with Crippen molar-refractivity contribution in [3.8, 4) is 0 Å². The molecule has 1 aromatic rings. The van der Waals surface area contributed by atoms with Gasteiger partial charge in [0.1, 0.15) is 0 Å². The summed E-state index contributed by atoms with van der Waals surface area (Å²) in [5.74, 6) is -1.52. The average Bonchev–Trinajstić information content (AvgIpc) is 2.25. The fourth-order valence-corrected chi connectivity index (χ4v) is 1.34. The average molecular weight is 249 g/mol. The van der Waals surface area contributed by atoms with E-state index < -0.39 is 35.9 Å². The molecular formula is C10H10F3NO3. The molecule has 1 atom stereocenters. The topological polar surface area (TPSA) is 83.5 Å². The van der Waals surface area contributed by atoms with Crippen molar-refractivity contribution < 1.29 is 28.2 Å². The first-order chi connectivity index (χ1) is 7.77. The second-order valence-corrected chi connectivity index (χ2v) is 3.39. The Bertz CT molecular complexity index is 431. The minimum Gasteiger partial charge on any atom is -0.478 e. The third-order valence-electron chi connectivity index (χ3n) is 2.21. The lowest BCUT2D eigenvalue weighted by molar-refractivity contribution is -0.137. The summed E-state index contributed by atoms with van der Waals surface area (Å²) >= 11 is 0. The van der Waals surface area contributed by atoms with Crippen LogP contribution in [0.15, 0.2) is 18.2 Å². The highest BCUT2D eigenvalue weighted by atomic mass is 19.4. The first-order valence-corrected chi connectivity index (χ1v) is 4.58. The zero-order valence-corrected chi connectivity index (χ0v) is 8.53. The van der Waals surface area contributed by atoms with Crippen molar-refractivity contribution in [3.05, 3.63) is 34.9 Å². The standard InChI is InChI=1S/C10H10F3NO3/c11-10(12,13)5-1-2-6(8(14)4-15)7(3-5)9(16)17/h1-3,8,15H,4,14H2,(H,16,17)/t8-/m1/s1. The van der Waals surface area contributed by atoms with Crippen molar-refractivity contribution in [2.75, 3.05) is 6.61 Å². The van der Waals surface area contributed by atoms with Gasteiger partial charge in [0.2, 0.25) is 0 Å². The molecule has 0 aliphatic rings. The molecule has 17 heavy (non-hydrogen) atoms. The Labute approximate surface area is 94.5 Å². The van der Waals surface area contributed by atoms with E-state index in [9.17, 15) is 18.0 Å². The summed E-state index contributed by atoms with van der Waals surface area (Å²) < 4.78 is 37.1. The fourth-order valence-electron chi connectivity index (χ4n) is 1.34. The van der Waals surface area contributed by atoms with Gasteiger partial charge in [-0.2, -0.15) is 13.2 Å². The summed E-state index contributed by atoms with van der Waals surface area (Å²) in [4.78, 5) is 10.8. The lowest BCUT2D eigenvalue weighted by Gasteiger charge is -2.14. The predicted octanol–water partition coefficient (Wildman–Crippen LogP) is 1.40. The van der Waals surface area contributed by atoms with E-state index in [2.05, 4.69) is 0 Å². The third kappa shape index (κ3) is 2.95. The Morgan fingerprint density at radius 1 is 1.41 bits per heavy atom. The summed E-state index contributed by atoms with van der Waals surface area (Å²) in [6.45, 7) is -0.550. The second kappa shape index (κ2) is 4.72. The number of benzene rings is 1. The monoisotopic (exact) mass is 249 g/mol. The smallest absolute Gasteiger partial charge is 0.416 e. The van der Waals surface area contributed by atoms with E-state index >= 15 is 0 Å². The van der Waals surface area contributed by atoms with Gasteiger partial charge in [-0.15, -0.1) is 0 Å². The summed E-state index contributed by atoms with van der Waals surface area (Å²) in [7, 11) is 0. The maximum Gasteiger partial charge on any atom is 0.416 e. The van der Waals surface area contributed by atoms with Crippen molar-refractivity contribution in [1.82, 2.24) is 0 Å². The number of aromatic carboxylic acids is 1. The summed E-state index contributed by atoms with van der Waals surface area (Å²) in [6.07, 6.45) is -4.62. The molecule has 0 aliphatic heterocycles. The van der Waals surface area contributed by atoms with Crippen molar-refractivity contribution in [2.45, 2.75) is 12.2 Å². The molecule has 1 aromatic carbocycles. The molecule has 7 heteroatoms. The maximum absolute atomic E-state index is 12.4. The number of alkyl halides is 3. The van der Waals surface area contributed by atoms with E-state index in [1.54, 1.807) is 0 Å². The first kappa shape index (κ1) is 13.5. The van der Waals surface area contributed by atoms with Crippen molar-refractivity contribution in [2.24, 2.45) is 5.73 Å². The van der Waals surface area contributed by atoms with Crippen LogP contribution < -0.4 is 5.73 Å². The maximum atomic E-state index is 12.4. The SMILES string of the molecule is N[C@H](CO)c1ccc(C(F)(F)F)cc1C(=O)O. The van der Waals surface area contributed by atoms with Gasteiger partial charge in [-0.1, -0.05) is 6.07 Å². The molecule has 0 aliphatic carbocycles. The Hall–Kier alpha value is -1.60. The van der Waals surface area contributed by atoms with Crippen LogP contribution >= 0.6 is 0 Å². The highest BCUT2D eigenvalue weighted by molar-refractivity contribution is 5.90. The predicted molar refractivity (Wildman–Crippen MR) is 52.4 cm³/mol. The Morgan fingerprint density at radius 2 is 2.00 bits per heavy atom. The third-order valence-corrected chi connectivity index (χ3v) is 2.21. The molecule has 4 nitrogen and oxygen atoms in total.